The number of benzene rings is 1. The Morgan fingerprint density at radius 3 is 2.48 bits per heavy atom. The minimum Gasteiger partial charge on any atom is -0.395 e. The molecule has 0 fully saturated rings. The van der Waals surface area contributed by atoms with Crippen molar-refractivity contribution in [3.05, 3.63) is 48.0 Å². The van der Waals surface area contributed by atoms with Crippen molar-refractivity contribution in [1.82, 2.24) is 10.2 Å². The van der Waals surface area contributed by atoms with Gasteiger partial charge >= 0.3 is 0 Å². The summed E-state index contributed by atoms with van der Waals surface area (Å²) in [6.07, 6.45) is 2.95. The molecule has 2 N–H and O–H groups in total. The first-order valence-electron chi connectivity index (χ1n) is 7.88. The van der Waals surface area contributed by atoms with Crippen molar-refractivity contribution in [2.75, 3.05) is 32.8 Å². The van der Waals surface area contributed by atoms with Crippen LogP contribution in [0.5, 0.6) is 0 Å². The van der Waals surface area contributed by atoms with Crippen molar-refractivity contribution < 1.29 is 5.11 Å². The maximum Gasteiger partial charge on any atom is 0.0558 e. The number of nitrogens with one attached hydrogen (secondary N) is 1. The Kier molecular flexibility index (Phi) is 8.99. The lowest BCUT2D eigenvalue weighted by atomic mass is 10.1. The second kappa shape index (κ2) is 10.6. The summed E-state index contributed by atoms with van der Waals surface area (Å²) >= 11 is 0. The van der Waals surface area contributed by atoms with E-state index < -0.39 is 0 Å². The Morgan fingerprint density at radius 2 is 1.90 bits per heavy atom. The van der Waals surface area contributed by atoms with E-state index in [-0.39, 0.29) is 6.61 Å². The van der Waals surface area contributed by atoms with Crippen LogP contribution in [-0.2, 0) is 13.0 Å². The molecule has 118 valence electrons. The molecule has 0 saturated heterocycles. The highest BCUT2D eigenvalue weighted by atomic mass is 16.3. The Morgan fingerprint density at radius 1 is 1.24 bits per heavy atom. The first-order valence-corrected chi connectivity index (χ1v) is 7.88. The third-order valence-electron chi connectivity index (χ3n) is 3.38. The summed E-state index contributed by atoms with van der Waals surface area (Å²) in [5.41, 5.74) is 2.65. The summed E-state index contributed by atoms with van der Waals surface area (Å²) < 4.78 is 0. The first-order chi connectivity index (χ1) is 10.2. The van der Waals surface area contributed by atoms with E-state index in [1.807, 2.05) is 6.08 Å². The molecule has 0 aliphatic heterocycles. The maximum atomic E-state index is 9.06. The maximum absolute atomic E-state index is 9.06. The lowest BCUT2D eigenvalue weighted by Crippen LogP contribution is -2.26. The zero-order valence-corrected chi connectivity index (χ0v) is 13.5. The number of aliphatic hydroxyl groups excluding tert-OH is 1. The second-order valence-corrected chi connectivity index (χ2v) is 5.91. The van der Waals surface area contributed by atoms with Gasteiger partial charge in [0.25, 0.3) is 0 Å². The lowest BCUT2D eigenvalue weighted by molar-refractivity contribution is 0.203. The summed E-state index contributed by atoms with van der Waals surface area (Å²) in [4.78, 5) is 2.19. The Bertz CT molecular complexity index is 387. The van der Waals surface area contributed by atoms with Gasteiger partial charge < -0.3 is 10.4 Å². The van der Waals surface area contributed by atoms with E-state index in [9.17, 15) is 0 Å². The molecule has 3 heteroatoms. The van der Waals surface area contributed by atoms with Gasteiger partial charge in [-0.1, -0.05) is 44.2 Å². The minimum absolute atomic E-state index is 0.188. The Balaban J connectivity index is 2.40. The molecule has 0 aliphatic carbocycles. The number of nitrogens with zero attached hydrogens (tertiary/aromatic N) is 1. The van der Waals surface area contributed by atoms with Gasteiger partial charge in [-0.25, -0.2) is 0 Å². The highest BCUT2D eigenvalue weighted by Crippen LogP contribution is 2.08. The standard InChI is InChI=1S/C18H30N2O/c1-4-11-20(12-13-21)15-18-7-5-17(6-8-18)9-10-19-14-16(2)3/h4-8,16,19,21H,1,9-15H2,2-3H3. The third-order valence-corrected chi connectivity index (χ3v) is 3.38. The van der Waals surface area contributed by atoms with Crippen molar-refractivity contribution in [1.29, 1.82) is 0 Å². The fourth-order valence-corrected chi connectivity index (χ4v) is 2.25. The van der Waals surface area contributed by atoms with E-state index in [2.05, 4.69) is 54.9 Å². The Hall–Kier alpha value is -1.16. The predicted octanol–water partition coefficient (Wildman–Crippen LogP) is 2.46. The van der Waals surface area contributed by atoms with Crippen LogP contribution in [0.4, 0.5) is 0 Å². The zero-order valence-electron chi connectivity index (χ0n) is 13.5. The SMILES string of the molecule is C=CCN(CCO)Cc1ccc(CCNCC(C)C)cc1. The van der Waals surface area contributed by atoms with Crippen LogP contribution in [0.2, 0.25) is 0 Å². The summed E-state index contributed by atoms with van der Waals surface area (Å²) in [7, 11) is 0. The summed E-state index contributed by atoms with van der Waals surface area (Å²) in [6.45, 7) is 12.9. The molecular weight excluding hydrogens is 260 g/mol. The van der Waals surface area contributed by atoms with Crippen LogP contribution in [0, 0.1) is 5.92 Å². The van der Waals surface area contributed by atoms with Gasteiger partial charge in [0, 0.05) is 19.6 Å². The van der Waals surface area contributed by atoms with Crippen molar-refractivity contribution in [3.8, 4) is 0 Å². The molecule has 0 aromatic heterocycles. The average molecular weight is 290 g/mol. The fourth-order valence-electron chi connectivity index (χ4n) is 2.25. The van der Waals surface area contributed by atoms with E-state index in [1.165, 1.54) is 11.1 Å². The van der Waals surface area contributed by atoms with Crippen molar-refractivity contribution >= 4 is 0 Å². The number of aliphatic hydroxyl groups is 1. The normalized spacial score (nSPS) is 11.3. The number of rotatable bonds is 11. The highest BCUT2D eigenvalue weighted by molar-refractivity contribution is 5.22. The molecule has 0 aliphatic rings. The highest BCUT2D eigenvalue weighted by Gasteiger charge is 2.03. The molecule has 1 rings (SSSR count). The first kappa shape index (κ1) is 17.9. The zero-order chi connectivity index (χ0) is 15.5. The molecule has 1 aromatic carbocycles. The number of hydrogen-bond acceptors (Lipinski definition) is 3. The molecule has 0 heterocycles. The van der Waals surface area contributed by atoms with Crippen LogP contribution < -0.4 is 5.32 Å². The Labute approximate surface area is 129 Å². The van der Waals surface area contributed by atoms with E-state index in [1.54, 1.807) is 0 Å². The molecule has 0 radical (unpaired) electrons. The quantitative estimate of drug-likeness (QED) is 0.485. The smallest absolute Gasteiger partial charge is 0.0558 e. The van der Waals surface area contributed by atoms with E-state index >= 15 is 0 Å². The van der Waals surface area contributed by atoms with Crippen molar-refractivity contribution in [2.24, 2.45) is 5.92 Å². The molecule has 0 atom stereocenters. The molecule has 0 saturated carbocycles. The average Bonchev–Trinajstić information content (AvgIpc) is 2.45. The molecule has 1 aromatic rings. The monoisotopic (exact) mass is 290 g/mol. The van der Waals surface area contributed by atoms with Gasteiger partial charge in [0.05, 0.1) is 6.61 Å². The van der Waals surface area contributed by atoms with Crippen molar-refractivity contribution in [3.63, 3.8) is 0 Å². The lowest BCUT2D eigenvalue weighted by Gasteiger charge is -2.19. The van der Waals surface area contributed by atoms with Crippen molar-refractivity contribution in [2.45, 2.75) is 26.8 Å². The van der Waals surface area contributed by atoms with Crippen LogP contribution in [0.25, 0.3) is 0 Å². The fraction of sp³-hybridized carbons (Fsp3) is 0.556. The molecule has 0 amide bonds. The predicted molar refractivity (Wildman–Crippen MR) is 90.4 cm³/mol. The summed E-state index contributed by atoms with van der Waals surface area (Å²) in [5, 5.41) is 12.5. The topological polar surface area (TPSA) is 35.5 Å². The van der Waals surface area contributed by atoms with E-state index in [4.69, 9.17) is 5.11 Å². The largest absolute Gasteiger partial charge is 0.395 e. The van der Waals surface area contributed by atoms with Crippen LogP contribution in [-0.4, -0.2) is 42.8 Å². The van der Waals surface area contributed by atoms with Crippen LogP contribution >= 0.6 is 0 Å². The second-order valence-electron chi connectivity index (χ2n) is 5.91. The van der Waals surface area contributed by atoms with Gasteiger partial charge in [0.1, 0.15) is 0 Å². The van der Waals surface area contributed by atoms with Crippen LogP contribution in [0.3, 0.4) is 0 Å². The van der Waals surface area contributed by atoms with Gasteiger partial charge in [0.2, 0.25) is 0 Å². The third kappa shape index (κ3) is 8.00. The molecule has 21 heavy (non-hydrogen) atoms. The summed E-state index contributed by atoms with van der Waals surface area (Å²) in [5.74, 6) is 0.703. The number of hydrogen-bond donors (Lipinski definition) is 2. The molecule has 0 spiro atoms. The molecule has 0 unspecified atom stereocenters. The van der Waals surface area contributed by atoms with E-state index in [0.717, 1.165) is 32.6 Å². The molecular formula is C18H30N2O. The van der Waals surface area contributed by atoms with Gasteiger partial charge in [-0.15, -0.1) is 6.58 Å². The van der Waals surface area contributed by atoms with E-state index in [0.29, 0.717) is 12.5 Å². The minimum atomic E-state index is 0.188. The van der Waals surface area contributed by atoms with Gasteiger partial charge in [-0.3, -0.25) is 4.90 Å². The van der Waals surface area contributed by atoms with Crippen LogP contribution in [0.15, 0.2) is 36.9 Å². The van der Waals surface area contributed by atoms with Gasteiger partial charge in [-0.2, -0.15) is 0 Å². The van der Waals surface area contributed by atoms with Gasteiger partial charge in [0.15, 0.2) is 0 Å². The van der Waals surface area contributed by atoms with Gasteiger partial charge in [-0.05, 0) is 36.6 Å². The molecule has 0 bridgehead atoms. The molecule has 3 nitrogen and oxygen atoms in total. The summed E-state index contributed by atoms with van der Waals surface area (Å²) in [6, 6.07) is 8.78. The van der Waals surface area contributed by atoms with Crippen LogP contribution in [0.1, 0.15) is 25.0 Å².